The van der Waals surface area contributed by atoms with Crippen molar-refractivity contribution in [1.82, 2.24) is 0 Å². The van der Waals surface area contributed by atoms with Crippen molar-refractivity contribution >= 4 is 28.2 Å². The number of halogens is 1. The zero-order valence-corrected chi connectivity index (χ0v) is 14.5. The van der Waals surface area contributed by atoms with Gasteiger partial charge in [0.05, 0.1) is 7.11 Å². The highest BCUT2D eigenvalue weighted by molar-refractivity contribution is 14.1. The molecule has 0 aliphatic heterocycles. The van der Waals surface area contributed by atoms with E-state index in [0.29, 0.717) is 0 Å². The lowest BCUT2D eigenvalue weighted by molar-refractivity contribution is 0.244. The van der Waals surface area contributed by atoms with Crippen molar-refractivity contribution in [3.05, 3.63) is 78.4 Å². The quantitative estimate of drug-likeness (QED) is 0.512. The van der Waals surface area contributed by atoms with E-state index in [9.17, 15) is 0 Å². The molecule has 0 aromatic heterocycles. The molecule has 0 saturated carbocycles. The summed E-state index contributed by atoms with van der Waals surface area (Å²) in [7, 11) is 1.66. The lowest BCUT2D eigenvalue weighted by Gasteiger charge is -2.32. The van der Waals surface area contributed by atoms with E-state index >= 15 is 0 Å². The summed E-state index contributed by atoms with van der Waals surface area (Å²) in [6.07, 6.45) is 7.20. The van der Waals surface area contributed by atoms with Crippen molar-refractivity contribution in [2.75, 3.05) is 7.11 Å². The van der Waals surface area contributed by atoms with Crippen LogP contribution in [-0.2, 0) is 0 Å². The van der Waals surface area contributed by atoms with Crippen LogP contribution in [0.5, 0.6) is 11.5 Å². The van der Waals surface area contributed by atoms with Crippen LogP contribution < -0.4 is 9.47 Å². The minimum absolute atomic E-state index is 0.400. The highest BCUT2D eigenvalue weighted by atomic mass is 127. The van der Waals surface area contributed by atoms with Crippen molar-refractivity contribution in [1.29, 1.82) is 0 Å². The fourth-order valence-corrected chi connectivity index (χ4v) is 3.47. The molecule has 0 fully saturated rings. The highest BCUT2D eigenvalue weighted by Crippen LogP contribution is 2.42. The molecule has 0 heterocycles. The Morgan fingerprint density at radius 1 is 0.955 bits per heavy atom. The van der Waals surface area contributed by atoms with E-state index in [-0.39, 0.29) is 0 Å². The summed E-state index contributed by atoms with van der Waals surface area (Å²) in [5, 5.41) is 0. The maximum atomic E-state index is 6.32. The fourth-order valence-electron chi connectivity index (χ4n) is 2.47. The third-order valence-electron chi connectivity index (χ3n) is 3.61. The first kappa shape index (κ1) is 15.2. The van der Waals surface area contributed by atoms with Gasteiger partial charge in [0.2, 0.25) is 0 Å². The molecule has 3 rings (SSSR count). The average molecular weight is 404 g/mol. The van der Waals surface area contributed by atoms with Gasteiger partial charge in [-0.25, -0.2) is 0 Å². The summed E-state index contributed by atoms with van der Waals surface area (Å²) in [6.45, 7) is 0. The lowest BCUT2D eigenvalue weighted by atomic mass is 9.94. The molecular formula is C19H17IO2. The molecular weight excluding hydrogens is 387 g/mol. The van der Waals surface area contributed by atoms with E-state index in [4.69, 9.17) is 9.47 Å². The molecule has 0 saturated heterocycles. The van der Waals surface area contributed by atoms with E-state index in [0.717, 1.165) is 17.9 Å². The number of ether oxygens (including phenoxy) is 2. The average Bonchev–Trinajstić information content (AvgIpc) is 2.56. The van der Waals surface area contributed by atoms with Gasteiger partial charge in [-0.15, -0.1) is 0 Å². The summed E-state index contributed by atoms with van der Waals surface area (Å²) in [4.78, 5) is 0. The fraction of sp³-hybridized carbons (Fsp3) is 0.158. The zero-order valence-electron chi connectivity index (χ0n) is 12.3. The second kappa shape index (κ2) is 6.57. The second-order valence-electron chi connectivity index (χ2n) is 5.08. The molecule has 0 N–H and O–H groups in total. The third-order valence-corrected chi connectivity index (χ3v) is 4.85. The molecule has 2 aromatic rings. The number of benzene rings is 2. The van der Waals surface area contributed by atoms with E-state index in [1.54, 1.807) is 7.11 Å². The Bertz CT molecular complexity index is 689. The van der Waals surface area contributed by atoms with Crippen molar-refractivity contribution in [2.45, 2.75) is 10.0 Å². The summed E-state index contributed by atoms with van der Waals surface area (Å²) in [5.41, 5.74) is 2.38. The highest BCUT2D eigenvalue weighted by Gasteiger charge is 2.34. The van der Waals surface area contributed by atoms with Crippen LogP contribution in [0, 0.1) is 0 Å². The van der Waals surface area contributed by atoms with Crippen molar-refractivity contribution in [2.24, 2.45) is 0 Å². The summed E-state index contributed by atoms with van der Waals surface area (Å²) in [6, 6.07) is 18.1. The Morgan fingerprint density at radius 3 is 2.32 bits per heavy atom. The van der Waals surface area contributed by atoms with Crippen LogP contribution in [0.25, 0.3) is 5.57 Å². The summed E-state index contributed by atoms with van der Waals surface area (Å²) in [5.74, 6) is 1.67. The molecule has 2 nitrogen and oxygen atoms in total. The molecule has 112 valence electrons. The van der Waals surface area contributed by atoms with E-state index < -0.39 is 3.61 Å². The monoisotopic (exact) mass is 404 g/mol. The number of hydrogen-bond acceptors (Lipinski definition) is 2. The summed E-state index contributed by atoms with van der Waals surface area (Å²) >= 11 is 2.40. The predicted octanol–water partition coefficient (Wildman–Crippen LogP) is 5.25. The third kappa shape index (κ3) is 3.19. The standard InChI is InChI=1S/C19H17IO2/c1-21-16-10-12-17(13-11-16)22-19(20)14-6-5-9-18(19)15-7-3-2-4-8-15/h2-13H,14H2,1H3. The maximum Gasteiger partial charge on any atom is 0.188 e. The number of allylic oxidation sites excluding steroid dienone is 2. The first-order valence-electron chi connectivity index (χ1n) is 7.16. The predicted molar refractivity (Wildman–Crippen MR) is 98.5 cm³/mol. The smallest absolute Gasteiger partial charge is 0.188 e. The van der Waals surface area contributed by atoms with Crippen molar-refractivity contribution < 1.29 is 9.47 Å². The van der Waals surface area contributed by atoms with Gasteiger partial charge in [-0.3, -0.25) is 0 Å². The molecule has 3 heteroatoms. The van der Waals surface area contributed by atoms with E-state index in [1.807, 2.05) is 30.3 Å². The molecule has 1 aliphatic rings. The number of rotatable bonds is 4. The minimum atomic E-state index is -0.400. The molecule has 1 atom stereocenters. The van der Waals surface area contributed by atoms with Gasteiger partial charge in [-0.05, 0) is 52.4 Å². The van der Waals surface area contributed by atoms with Crippen LogP contribution in [0.4, 0.5) is 0 Å². The van der Waals surface area contributed by atoms with Crippen LogP contribution in [-0.4, -0.2) is 10.7 Å². The Labute approximate surface area is 144 Å². The van der Waals surface area contributed by atoms with Crippen LogP contribution >= 0.6 is 22.6 Å². The van der Waals surface area contributed by atoms with Gasteiger partial charge in [-0.1, -0.05) is 48.6 Å². The van der Waals surface area contributed by atoms with Gasteiger partial charge >= 0.3 is 0 Å². The van der Waals surface area contributed by atoms with E-state index in [1.165, 1.54) is 11.1 Å². The van der Waals surface area contributed by atoms with Crippen LogP contribution in [0.15, 0.2) is 72.8 Å². The van der Waals surface area contributed by atoms with Gasteiger partial charge < -0.3 is 9.47 Å². The molecule has 22 heavy (non-hydrogen) atoms. The van der Waals surface area contributed by atoms with E-state index in [2.05, 4.69) is 65.1 Å². The number of alkyl halides is 1. The first-order valence-corrected chi connectivity index (χ1v) is 8.24. The van der Waals surface area contributed by atoms with Crippen molar-refractivity contribution in [3.63, 3.8) is 0 Å². The number of hydrogen-bond donors (Lipinski definition) is 0. The van der Waals surface area contributed by atoms with Gasteiger partial charge in [-0.2, -0.15) is 0 Å². The van der Waals surface area contributed by atoms with Gasteiger partial charge in [0.1, 0.15) is 11.5 Å². The minimum Gasteiger partial charge on any atom is -0.497 e. The molecule has 1 aliphatic carbocycles. The molecule has 1 unspecified atom stereocenters. The summed E-state index contributed by atoms with van der Waals surface area (Å²) < 4.78 is 11.1. The Kier molecular flexibility index (Phi) is 4.52. The maximum absolute atomic E-state index is 6.32. The number of methoxy groups -OCH3 is 1. The molecule has 2 aromatic carbocycles. The second-order valence-corrected chi connectivity index (χ2v) is 6.83. The molecule has 0 amide bonds. The van der Waals surface area contributed by atoms with Crippen LogP contribution in [0.3, 0.4) is 0 Å². The lowest BCUT2D eigenvalue weighted by Crippen LogP contribution is -2.30. The topological polar surface area (TPSA) is 18.5 Å². The van der Waals surface area contributed by atoms with Gasteiger partial charge in [0.25, 0.3) is 0 Å². The van der Waals surface area contributed by atoms with Gasteiger partial charge in [0, 0.05) is 12.0 Å². The molecule has 0 bridgehead atoms. The van der Waals surface area contributed by atoms with Crippen LogP contribution in [0.2, 0.25) is 0 Å². The zero-order chi connectivity index (χ0) is 15.4. The Hall–Kier alpha value is -1.75. The van der Waals surface area contributed by atoms with Gasteiger partial charge in [0.15, 0.2) is 3.61 Å². The Balaban J connectivity index is 1.89. The molecule has 0 spiro atoms. The van der Waals surface area contributed by atoms with Crippen LogP contribution in [0.1, 0.15) is 12.0 Å². The molecule has 0 radical (unpaired) electrons. The normalized spacial score (nSPS) is 20.4. The Morgan fingerprint density at radius 2 is 1.64 bits per heavy atom. The largest absolute Gasteiger partial charge is 0.497 e. The SMILES string of the molecule is COc1ccc(OC2(I)CC=CC=C2c2ccccc2)cc1. The van der Waals surface area contributed by atoms with Crippen molar-refractivity contribution in [3.8, 4) is 11.5 Å². The first-order chi connectivity index (χ1) is 10.7.